The predicted molar refractivity (Wildman–Crippen MR) is 76.9 cm³/mol. The molecule has 0 aromatic carbocycles. The normalized spacial score (nSPS) is 13.0. The molecule has 0 aliphatic carbocycles. The molecule has 1 unspecified atom stereocenters. The van der Waals surface area contributed by atoms with Gasteiger partial charge in [-0.15, -0.1) is 5.10 Å². The van der Waals surface area contributed by atoms with Crippen molar-refractivity contribution < 1.29 is 14.7 Å². The van der Waals surface area contributed by atoms with Crippen LogP contribution in [-0.4, -0.2) is 32.6 Å². The first-order valence-electron chi connectivity index (χ1n) is 6.59. The van der Waals surface area contributed by atoms with E-state index in [9.17, 15) is 9.59 Å². The first kappa shape index (κ1) is 16.6. The van der Waals surface area contributed by atoms with Gasteiger partial charge in [-0.25, -0.2) is 0 Å². The second-order valence-corrected chi connectivity index (χ2v) is 6.54. The molecule has 0 radical (unpaired) electrons. The minimum absolute atomic E-state index is 0.107. The molecule has 0 saturated carbocycles. The summed E-state index contributed by atoms with van der Waals surface area (Å²) < 4.78 is 3.81. The number of nitrogens with zero attached hydrogens (tertiary/aromatic N) is 2. The van der Waals surface area contributed by atoms with Gasteiger partial charge in [0.05, 0.1) is 12.1 Å². The standard InChI is InChI=1S/C13H21N3O3S/c1-5-6-8-11(20-16-15-8)12(19)14-9(7-10(17)18)13(2,3)4/h9H,5-7H2,1-4H3,(H,14,19)(H,17,18). The Hall–Kier alpha value is -1.50. The van der Waals surface area contributed by atoms with Gasteiger partial charge in [0.25, 0.3) is 5.91 Å². The number of carboxylic acid groups (broad SMARTS) is 1. The molecule has 0 saturated heterocycles. The third-order valence-electron chi connectivity index (χ3n) is 2.98. The van der Waals surface area contributed by atoms with Crippen LogP contribution in [-0.2, 0) is 11.2 Å². The van der Waals surface area contributed by atoms with Crippen LogP contribution in [0.3, 0.4) is 0 Å². The van der Waals surface area contributed by atoms with Crippen LogP contribution in [0.15, 0.2) is 0 Å². The summed E-state index contributed by atoms with van der Waals surface area (Å²) in [6.07, 6.45) is 1.46. The number of carbonyl (C=O) groups is 2. The molecule has 7 heteroatoms. The number of carboxylic acids is 1. The number of amides is 1. The Kier molecular flexibility index (Phi) is 5.62. The van der Waals surface area contributed by atoms with Gasteiger partial charge in [-0.2, -0.15) is 0 Å². The van der Waals surface area contributed by atoms with Crippen molar-refractivity contribution in [1.82, 2.24) is 14.9 Å². The highest BCUT2D eigenvalue weighted by atomic mass is 32.1. The Balaban J connectivity index is 2.85. The van der Waals surface area contributed by atoms with Crippen LogP contribution in [0.5, 0.6) is 0 Å². The van der Waals surface area contributed by atoms with E-state index in [1.54, 1.807) is 0 Å². The maximum Gasteiger partial charge on any atom is 0.305 e. The lowest BCUT2D eigenvalue weighted by molar-refractivity contribution is -0.138. The monoisotopic (exact) mass is 299 g/mol. The van der Waals surface area contributed by atoms with Gasteiger partial charge in [-0.05, 0) is 23.4 Å². The van der Waals surface area contributed by atoms with E-state index in [4.69, 9.17) is 5.11 Å². The summed E-state index contributed by atoms with van der Waals surface area (Å²) >= 11 is 1.05. The smallest absolute Gasteiger partial charge is 0.305 e. The SMILES string of the molecule is CCCc1nnsc1C(=O)NC(CC(=O)O)C(C)(C)C. The fourth-order valence-corrected chi connectivity index (χ4v) is 2.36. The van der Waals surface area contributed by atoms with Gasteiger partial charge < -0.3 is 10.4 Å². The molecule has 0 aliphatic heterocycles. The van der Waals surface area contributed by atoms with Gasteiger partial charge >= 0.3 is 5.97 Å². The molecule has 1 aromatic heterocycles. The van der Waals surface area contributed by atoms with Crippen LogP contribution in [0.4, 0.5) is 0 Å². The highest BCUT2D eigenvalue weighted by Crippen LogP contribution is 2.23. The molecule has 2 N–H and O–H groups in total. The fourth-order valence-electron chi connectivity index (χ4n) is 1.75. The second kappa shape index (κ2) is 6.78. The lowest BCUT2D eigenvalue weighted by Crippen LogP contribution is -2.45. The molecule has 0 fully saturated rings. The Labute approximate surface area is 122 Å². The van der Waals surface area contributed by atoms with Crippen molar-refractivity contribution in [3.63, 3.8) is 0 Å². The van der Waals surface area contributed by atoms with Crippen LogP contribution in [0.2, 0.25) is 0 Å². The van der Waals surface area contributed by atoms with Gasteiger partial charge in [0.2, 0.25) is 0 Å². The maximum atomic E-state index is 12.3. The third-order valence-corrected chi connectivity index (χ3v) is 3.75. The van der Waals surface area contributed by atoms with E-state index in [0.717, 1.165) is 18.0 Å². The van der Waals surface area contributed by atoms with Crippen molar-refractivity contribution in [2.75, 3.05) is 0 Å². The van der Waals surface area contributed by atoms with E-state index in [1.165, 1.54) is 0 Å². The molecule has 0 bridgehead atoms. The zero-order valence-electron chi connectivity index (χ0n) is 12.3. The van der Waals surface area contributed by atoms with Gasteiger partial charge in [0.15, 0.2) is 0 Å². The lowest BCUT2D eigenvalue weighted by atomic mass is 9.84. The molecule has 20 heavy (non-hydrogen) atoms. The third kappa shape index (κ3) is 4.56. The maximum absolute atomic E-state index is 12.3. The summed E-state index contributed by atoms with van der Waals surface area (Å²) in [5, 5.41) is 15.7. The largest absolute Gasteiger partial charge is 0.481 e. The topological polar surface area (TPSA) is 92.2 Å². The van der Waals surface area contributed by atoms with Crippen LogP contribution < -0.4 is 5.32 Å². The van der Waals surface area contributed by atoms with Crippen LogP contribution in [0, 0.1) is 5.41 Å². The number of aryl methyl sites for hydroxylation is 1. The number of aliphatic carboxylic acids is 1. The highest BCUT2D eigenvalue weighted by Gasteiger charge is 2.30. The Morgan fingerprint density at radius 2 is 2.05 bits per heavy atom. The van der Waals surface area contributed by atoms with E-state index in [0.29, 0.717) is 17.0 Å². The number of hydrogen-bond acceptors (Lipinski definition) is 5. The van der Waals surface area contributed by atoms with Crippen molar-refractivity contribution in [1.29, 1.82) is 0 Å². The number of carbonyl (C=O) groups excluding carboxylic acids is 1. The minimum Gasteiger partial charge on any atom is -0.481 e. The lowest BCUT2D eigenvalue weighted by Gasteiger charge is -2.30. The number of rotatable bonds is 6. The Bertz CT molecular complexity index is 479. The molecule has 1 atom stereocenters. The van der Waals surface area contributed by atoms with Gasteiger partial charge in [0.1, 0.15) is 4.88 Å². The minimum atomic E-state index is -0.929. The van der Waals surface area contributed by atoms with Crippen molar-refractivity contribution in [3.8, 4) is 0 Å². The first-order chi connectivity index (χ1) is 9.25. The summed E-state index contributed by atoms with van der Waals surface area (Å²) in [6.45, 7) is 7.71. The van der Waals surface area contributed by atoms with Crippen LogP contribution in [0.1, 0.15) is 55.9 Å². The molecule has 0 spiro atoms. The second-order valence-electron chi connectivity index (χ2n) is 5.79. The van der Waals surface area contributed by atoms with Crippen LogP contribution >= 0.6 is 11.5 Å². The van der Waals surface area contributed by atoms with E-state index in [-0.39, 0.29) is 17.7 Å². The molecule has 0 aliphatic rings. The summed E-state index contributed by atoms with van der Waals surface area (Å²) in [4.78, 5) is 23.7. The molecule has 1 heterocycles. The molecule has 112 valence electrons. The van der Waals surface area contributed by atoms with E-state index in [1.807, 2.05) is 27.7 Å². The summed E-state index contributed by atoms with van der Waals surface area (Å²) in [5.41, 5.74) is 0.342. The highest BCUT2D eigenvalue weighted by molar-refractivity contribution is 7.08. The van der Waals surface area contributed by atoms with Crippen molar-refractivity contribution in [2.24, 2.45) is 5.41 Å². The molecule has 1 rings (SSSR count). The Morgan fingerprint density at radius 3 is 2.55 bits per heavy atom. The summed E-state index contributed by atoms with van der Waals surface area (Å²) in [6, 6.07) is -0.441. The Morgan fingerprint density at radius 1 is 1.40 bits per heavy atom. The molecule has 1 aromatic rings. The van der Waals surface area contributed by atoms with Gasteiger partial charge in [-0.3, -0.25) is 9.59 Å². The molecular weight excluding hydrogens is 278 g/mol. The average Bonchev–Trinajstić information content (AvgIpc) is 2.75. The number of nitrogens with one attached hydrogen (secondary N) is 1. The summed E-state index contributed by atoms with van der Waals surface area (Å²) in [7, 11) is 0. The molecule has 1 amide bonds. The van der Waals surface area contributed by atoms with Crippen molar-refractivity contribution in [3.05, 3.63) is 10.6 Å². The average molecular weight is 299 g/mol. The van der Waals surface area contributed by atoms with Crippen LogP contribution in [0.25, 0.3) is 0 Å². The van der Waals surface area contributed by atoms with Crippen molar-refractivity contribution in [2.45, 2.75) is 53.0 Å². The van der Waals surface area contributed by atoms with E-state index < -0.39 is 12.0 Å². The number of hydrogen-bond donors (Lipinski definition) is 2. The summed E-state index contributed by atoms with van der Waals surface area (Å²) in [5.74, 6) is -1.22. The predicted octanol–water partition coefficient (Wildman–Crippen LogP) is 2.11. The van der Waals surface area contributed by atoms with Gasteiger partial charge in [-0.1, -0.05) is 38.6 Å². The zero-order valence-corrected chi connectivity index (χ0v) is 13.1. The quantitative estimate of drug-likeness (QED) is 0.839. The first-order valence-corrected chi connectivity index (χ1v) is 7.37. The number of aromatic nitrogens is 2. The van der Waals surface area contributed by atoms with E-state index >= 15 is 0 Å². The van der Waals surface area contributed by atoms with E-state index in [2.05, 4.69) is 14.9 Å². The van der Waals surface area contributed by atoms with Gasteiger partial charge in [0, 0.05) is 6.04 Å². The fraction of sp³-hybridized carbons (Fsp3) is 0.692. The molecule has 6 nitrogen and oxygen atoms in total. The van der Waals surface area contributed by atoms with Crippen molar-refractivity contribution >= 4 is 23.4 Å². The molecular formula is C13H21N3O3S. The zero-order chi connectivity index (χ0) is 15.3.